The number of hydrazone groups is 1. The van der Waals surface area contributed by atoms with Gasteiger partial charge in [0.15, 0.2) is 0 Å². The normalized spacial score (nSPS) is 10.9. The van der Waals surface area contributed by atoms with E-state index in [0.29, 0.717) is 5.13 Å². The molecule has 0 saturated heterocycles. The Morgan fingerprint density at radius 3 is 2.14 bits per heavy atom. The minimum absolute atomic E-state index is 0.0510. The zero-order chi connectivity index (χ0) is 20.1. The lowest BCUT2D eigenvalue weighted by molar-refractivity contribution is -0.384. The monoisotopic (exact) mass is 400 g/mol. The van der Waals surface area contributed by atoms with Gasteiger partial charge in [-0.15, -0.1) is 0 Å². The zero-order valence-corrected chi connectivity index (χ0v) is 16.0. The second-order valence-corrected chi connectivity index (χ2v) is 7.15. The third-order valence-corrected chi connectivity index (χ3v) is 5.20. The molecule has 6 nitrogen and oxygen atoms in total. The van der Waals surface area contributed by atoms with Gasteiger partial charge in [0, 0.05) is 17.7 Å². The number of anilines is 1. The molecule has 0 bridgehead atoms. The highest BCUT2D eigenvalue weighted by Crippen LogP contribution is 2.38. The fraction of sp³-hybridized carbons (Fsp3) is 0. The van der Waals surface area contributed by atoms with Crippen LogP contribution in [0.3, 0.4) is 0 Å². The number of nitrogens with one attached hydrogen (secondary N) is 1. The lowest BCUT2D eigenvalue weighted by atomic mass is 10.1. The van der Waals surface area contributed by atoms with Gasteiger partial charge in [0.25, 0.3) is 5.69 Å². The summed E-state index contributed by atoms with van der Waals surface area (Å²) < 4.78 is 0. The van der Waals surface area contributed by atoms with Gasteiger partial charge in [-0.3, -0.25) is 15.5 Å². The molecule has 1 aromatic heterocycles. The first-order valence-electron chi connectivity index (χ1n) is 8.86. The maximum atomic E-state index is 10.7. The van der Waals surface area contributed by atoms with Crippen LogP contribution in [0.4, 0.5) is 10.8 Å². The van der Waals surface area contributed by atoms with Crippen molar-refractivity contribution in [2.24, 2.45) is 5.10 Å². The molecule has 0 aliphatic carbocycles. The molecule has 0 radical (unpaired) electrons. The average molecular weight is 400 g/mol. The summed E-state index contributed by atoms with van der Waals surface area (Å²) in [7, 11) is 0. The number of thiazole rings is 1. The van der Waals surface area contributed by atoms with E-state index < -0.39 is 4.92 Å². The number of nitro benzene ring substituents is 1. The van der Waals surface area contributed by atoms with E-state index in [0.717, 1.165) is 27.3 Å². The topological polar surface area (TPSA) is 80.4 Å². The molecular formula is C22H16N4O2S. The number of benzene rings is 3. The van der Waals surface area contributed by atoms with Crippen molar-refractivity contribution in [2.75, 3.05) is 5.43 Å². The van der Waals surface area contributed by atoms with Gasteiger partial charge in [-0.05, 0) is 23.3 Å². The second-order valence-electron chi connectivity index (χ2n) is 6.15. The van der Waals surface area contributed by atoms with Gasteiger partial charge in [-0.2, -0.15) is 5.10 Å². The molecule has 7 heteroatoms. The minimum atomic E-state index is -0.426. The molecule has 4 aromatic rings. The maximum absolute atomic E-state index is 10.7. The highest BCUT2D eigenvalue weighted by atomic mass is 32.1. The average Bonchev–Trinajstić information content (AvgIpc) is 3.20. The van der Waals surface area contributed by atoms with E-state index in [9.17, 15) is 10.1 Å². The molecule has 0 spiro atoms. The van der Waals surface area contributed by atoms with Crippen LogP contribution in [0.25, 0.3) is 21.7 Å². The molecule has 3 aromatic carbocycles. The Labute approximate surface area is 171 Å². The zero-order valence-electron chi connectivity index (χ0n) is 15.2. The highest BCUT2D eigenvalue weighted by molar-refractivity contribution is 7.19. The number of nitrogens with zero attached hydrogens (tertiary/aromatic N) is 3. The van der Waals surface area contributed by atoms with Crippen molar-refractivity contribution in [3.05, 3.63) is 101 Å². The van der Waals surface area contributed by atoms with Crippen LogP contribution in [-0.2, 0) is 0 Å². The van der Waals surface area contributed by atoms with E-state index in [2.05, 4.69) is 22.7 Å². The van der Waals surface area contributed by atoms with Crippen LogP contribution in [-0.4, -0.2) is 16.1 Å². The summed E-state index contributed by atoms with van der Waals surface area (Å²) >= 11 is 1.52. The van der Waals surface area contributed by atoms with Gasteiger partial charge in [0.05, 0.1) is 21.7 Å². The molecule has 0 aliphatic rings. The molecule has 4 rings (SSSR count). The molecule has 1 N–H and O–H groups in total. The van der Waals surface area contributed by atoms with Crippen molar-refractivity contribution >= 4 is 28.4 Å². The van der Waals surface area contributed by atoms with Crippen LogP contribution in [0.5, 0.6) is 0 Å². The molecule has 29 heavy (non-hydrogen) atoms. The molecule has 1 heterocycles. The van der Waals surface area contributed by atoms with E-state index in [-0.39, 0.29) is 5.69 Å². The molecule has 0 amide bonds. The Kier molecular flexibility index (Phi) is 5.40. The first-order chi connectivity index (χ1) is 14.2. The standard InChI is InChI=1S/C22H16N4O2S/c27-26(28)19-13-11-16(12-14-19)15-23-25-22-24-20(17-7-3-1-4-8-17)21(29-22)18-9-5-2-6-10-18/h1-15H,(H,24,25)/b23-15+. The van der Waals surface area contributed by atoms with Crippen LogP contribution in [0.15, 0.2) is 90.0 Å². The van der Waals surface area contributed by atoms with E-state index in [1.165, 1.54) is 23.5 Å². The van der Waals surface area contributed by atoms with E-state index in [4.69, 9.17) is 4.98 Å². The number of hydrogen-bond donors (Lipinski definition) is 1. The Morgan fingerprint density at radius 1 is 0.897 bits per heavy atom. The van der Waals surface area contributed by atoms with Gasteiger partial charge in [0.2, 0.25) is 5.13 Å². The summed E-state index contributed by atoms with van der Waals surface area (Å²) in [6.07, 6.45) is 1.61. The largest absolute Gasteiger partial charge is 0.269 e. The van der Waals surface area contributed by atoms with Crippen LogP contribution in [0.2, 0.25) is 0 Å². The number of non-ortho nitro benzene ring substituents is 1. The van der Waals surface area contributed by atoms with Crippen LogP contribution < -0.4 is 5.43 Å². The molecule has 0 unspecified atom stereocenters. The van der Waals surface area contributed by atoms with Gasteiger partial charge >= 0.3 is 0 Å². The Bertz CT molecular complexity index is 1080. The van der Waals surface area contributed by atoms with Crippen molar-refractivity contribution in [3.8, 4) is 21.7 Å². The first kappa shape index (κ1) is 18.5. The highest BCUT2D eigenvalue weighted by Gasteiger charge is 2.14. The molecular weight excluding hydrogens is 384 g/mol. The third-order valence-electron chi connectivity index (χ3n) is 4.19. The van der Waals surface area contributed by atoms with Gasteiger partial charge in [-0.1, -0.05) is 72.0 Å². The molecule has 142 valence electrons. The number of hydrogen-bond acceptors (Lipinski definition) is 6. The third kappa shape index (κ3) is 4.36. The van der Waals surface area contributed by atoms with Gasteiger partial charge in [-0.25, -0.2) is 4.98 Å². The first-order valence-corrected chi connectivity index (χ1v) is 9.67. The minimum Gasteiger partial charge on any atom is -0.258 e. The summed E-state index contributed by atoms with van der Waals surface area (Å²) in [5.41, 5.74) is 6.81. The molecule has 0 fully saturated rings. The summed E-state index contributed by atoms with van der Waals surface area (Å²) in [5, 5.41) is 15.6. The molecule has 0 atom stereocenters. The molecule has 0 saturated carbocycles. The predicted octanol–water partition coefficient (Wildman–Crippen LogP) is 5.83. The van der Waals surface area contributed by atoms with Gasteiger partial charge < -0.3 is 0 Å². The number of rotatable bonds is 6. The molecule has 0 aliphatic heterocycles. The van der Waals surface area contributed by atoms with Crippen molar-refractivity contribution in [1.82, 2.24) is 4.98 Å². The fourth-order valence-electron chi connectivity index (χ4n) is 2.79. The Morgan fingerprint density at radius 2 is 1.52 bits per heavy atom. The lowest BCUT2D eigenvalue weighted by Crippen LogP contribution is -1.91. The maximum Gasteiger partial charge on any atom is 0.269 e. The Hall–Kier alpha value is -3.84. The van der Waals surface area contributed by atoms with Crippen LogP contribution in [0.1, 0.15) is 5.56 Å². The van der Waals surface area contributed by atoms with Crippen molar-refractivity contribution in [1.29, 1.82) is 0 Å². The quantitative estimate of drug-likeness (QED) is 0.251. The summed E-state index contributed by atoms with van der Waals surface area (Å²) in [6, 6.07) is 26.3. The van der Waals surface area contributed by atoms with Crippen molar-refractivity contribution in [3.63, 3.8) is 0 Å². The summed E-state index contributed by atoms with van der Waals surface area (Å²) in [6.45, 7) is 0. The SMILES string of the molecule is O=[N+]([O-])c1ccc(/C=N/Nc2nc(-c3ccccc3)c(-c3ccccc3)s2)cc1. The van der Waals surface area contributed by atoms with E-state index in [1.807, 2.05) is 48.5 Å². The Balaban J connectivity index is 1.59. The number of nitro groups is 1. The smallest absolute Gasteiger partial charge is 0.258 e. The number of aromatic nitrogens is 1. The summed E-state index contributed by atoms with van der Waals surface area (Å²) in [5.74, 6) is 0. The van der Waals surface area contributed by atoms with Crippen LogP contribution in [0, 0.1) is 10.1 Å². The fourth-order valence-corrected chi connectivity index (χ4v) is 3.73. The predicted molar refractivity (Wildman–Crippen MR) is 117 cm³/mol. The van der Waals surface area contributed by atoms with Crippen LogP contribution >= 0.6 is 11.3 Å². The van der Waals surface area contributed by atoms with Gasteiger partial charge in [0.1, 0.15) is 0 Å². The van der Waals surface area contributed by atoms with E-state index in [1.54, 1.807) is 18.3 Å². The van der Waals surface area contributed by atoms with E-state index >= 15 is 0 Å². The second kappa shape index (κ2) is 8.45. The van der Waals surface area contributed by atoms with Crippen molar-refractivity contribution in [2.45, 2.75) is 0 Å². The van der Waals surface area contributed by atoms with Crippen molar-refractivity contribution < 1.29 is 4.92 Å². The lowest BCUT2D eigenvalue weighted by Gasteiger charge is -2.02. The summed E-state index contributed by atoms with van der Waals surface area (Å²) in [4.78, 5) is 16.1.